The van der Waals surface area contributed by atoms with Crippen LogP contribution < -0.4 is 16.0 Å². The fourth-order valence-corrected chi connectivity index (χ4v) is 5.15. The van der Waals surface area contributed by atoms with E-state index in [9.17, 15) is 14.4 Å². The maximum absolute atomic E-state index is 13.7. The fraction of sp³-hybridized carbons (Fsp3) is 0.314. The standard InChI is InChI=1S/C35H40ClN5O4/c1-23-9-7-12-29(19-23)32(24(2)36)41(34(43)25(3)39-30-13-8-14-30)21-31(42)38-20-26-15-17-28(18-16-26)33(37)40-35(44)45-22-27-10-5-4-6-11-27/h4-5,7,9-10,12,15-19,30,39H,3,6,8,11,13-14,20-22H2,1-2H3,(H,38,42)(H2,37,40,44)/b32-24+. The van der Waals surface area contributed by atoms with Crippen molar-refractivity contribution in [3.05, 3.63) is 112 Å². The van der Waals surface area contributed by atoms with Crippen molar-refractivity contribution >= 4 is 41.0 Å². The minimum Gasteiger partial charge on any atom is -0.445 e. The number of allylic oxidation sites excluding steroid dienone is 4. The highest BCUT2D eigenvalue weighted by molar-refractivity contribution is 6.32. The molecule has 0 atom stereocenters. The first-order valence-electron chi connectivity index (χ1n) is 15.0. The summed E-state index contributed by atoms with van der Waals surface area (Å²) in [6.45, 7) is 7.72. The van der Waals surface area contributed by atoms with Crippen LogP contribution in [0.15, 0.2) is 89.6 Å². The number of hydrogen-bond acceptors (Lipinski definition) is 6. The number of hydrogen-bond donors (Lipinski definition) is 4. The first-order chi connectivity index (χ1) is 21.6. The lowest BCUT2D eigenvalue weighted by Gasteiger charge is -2.31. The Morgan fingerprint density at radius 1 is 1.11 bits per heavy atom. The number of ether oxygens (including phenoxy) is 1. The van der Waals surface area contributed by atoms with E-state index in [1.165, 1.54) is 4.90 Å². The fourth-order valence-electron chi connectivity index (χ4n) is 4.94. The third kappa shape index (κ3) is 9.68. The summed E-state index contributed by atoms with van der Waals surface area (Å²) in [5.74, 6) is -0.896. The summed E-state index contributed by atoms with van der Waals surface area (Å²) in [5.41, 5.74) is 4.66. The van der Waals surface area contributed by atoms with Crippen LogP contribution in [0.3, 0.4) is 0 Å². The molecule has 1 fully saturated rings. The van der Waals surface area contributed by atoms with Crippen LogP contribution in [0.4, 0.5) is 4.79 Å². The zero-order valence-electron chi connectivity index (χ0n) is 25.8. The topological polar surface area (TPSA) is 124 Å². The first kappa shape index (κ1) is 33.3. The van der Waals surface area contributed by atoms with Crippen LogP contribution in [0.5, 0.6) is 0 Å². The third-order valence-electron chi connectivity index (χ3n) is 7.62. The number of carbonyl (C=O) groups is 3. The van der Waals surface area contributed by atoms with Gasteiger partial charge in [0, 0.05) is 23.2 Å². The number of benzene rings is 2. The van der Waals surface area contributed by atoms with Crippen molar-refractivity contribution in [2.45, 2.75) is 58.5 Å². The van der Waals surface area contributed by atoms with Crippen molar-refractivity contribution in [1.29, 1.82) is 5.41 Å². The van der Waals surface area contributed by atoms with Crippen molar-refractivity contribution in [3.63, 3.8) is 0 Å². The van der Waals surface area contributed by atoms with Gasteiger partial charge in [-0.25, -0.2) is 4.79 Å². The van der Waals surface area contributed by atoms with E-state index in [4.69, 9.17) is 21.7 Å². The van der Waals surface area contributed by atoms with E-state index in [2.05, 4.69) is 28.6 Å². The van der Waals surface area contributed by atoms with E-state index >= 15 is 0 Å². The number of rotatable bonds is 12. The molecule has 3 amide bonds. The predicted octanol–water partition coefficient (Wildman–Crippen LogP) is 6.05. The molecule has 45 heavy (non-hydrogen) atoms. The van der Waals surface area contributed by atoms with Crippen LogP contribution in [0.25, 0.3) is 5.70 Å². The molecule has 0 saturated heterocycles. The molecule has 0 aliphatic heterocycles. The summed E-state index contributed by atoms with van der Waals surface area (Å²) >= 11 is 6.55. The van der Waals surface area contributed by atoms with Gasteiger partial charge in [0.2, 0.25) is 5.91 Å². The number of alkyl carbamates (subject to hydrolysis) is 1. The van der Waals surface area contributed by atoms with Gasteiger partial charge >= 0.3 is 6.09 Å². The Morgan fingerprint density at radius 3 is 2.49 bits per heavy atom. The minimum absolute atomic E-state index is 0.0927. The van der Waals surface area contributed by atoms with Crippen LogP contribution in [0.2, 0.25) is 0 Å². The number of carbonyl (C=O) groups excluding carboxylic acids is 3. The van der Waals surface area contributed by atoms with Crippen LogP contribution in [0, 0.1) is 12.3 Å². The van der Waals surface area contributed by atoms with Gasteiger partial charge in [0.15, 0.2) is 0 Å². The average molecular weight is 630 g/mol. The lowest BCUT2D eigenvalue weighted by molar-refractivity contribution is -0.130. The zero-order valence-corrected chi connectivity index (χ0v) is 26.5. The van der Waals surface area contributed by atoms with E-state index in [0.717, 1.165) is 54.4 Å². The molecule has 2 aromatic carbocycles. The summed E-state index contributed by atoms with van der Waals surface area (Å²) in [6.07, 6.45) is 10.0. The van der Waals surface area contributed by atoms with E-state index in [1.807, 2.05) is 43.3 Å². The molecule has 0 heterocycles. The molecule has 0 spiro atoms. The quantitative estimate of drug-likeness (QED) is 0.129. The molecule has 0 radical (unpaired) electrons. The average Bonchev–Trinajstić information content (AvgIpc) is 3.00. The molecule has 4 rings (SSSR count). The second-order valence-corrected chi connectivity index (χ2v) is 11.8. The van der Waals surface area contributed by atoms with Gasteiger partial charge in [-0.1, -0.05) is 84.4 Å². The second kappa shape index (κ2) is 15.9. The summed E-state index contributed by atoms with van der Waals surface area (Å²) in [7, 11) is 0. The van der Waals surface area contributed by atoms with E-state index in [0.29, 0.717) is 16.3 Å². The van der Waals surface area contributed by atoms with Crippen LogP contribution in [0.1, 0.15) is 61.3 Å². The van der Waals surface area contributed by atoms with Crippen LogP contribution in [-0.4, -0.2) is 47.8 Å². The number of aryl methyl sites for hydroxylation is 1. The normalized spacial score (nSPS) is 14.7. The lowest BCUT2D eigenvalue weighted by Crippen LogP contribution is -2.44. The maximum Gasteiger partial charge on any atom is 0.413 e. The number of halogens is 1. The van der Waals surface area contributed by atoms with Crippen molar-refractivity contribution in [2.75, 3.05) is 13.2 Å². The Labute approximate surface area is 269 Å². The molecular formula is C35H40ClN5O4. The molecule has 0 unspecified atom stereocenters. The molecule has 2 aliphatic rings. The second-order valence-electron chi connectivity index (χ2n) is 11.2. The summed E-state index contributed by atoms with van der Waals surface area (Å²) < 4.78 is 5.23. The van der Waals surface area contributed by atoms with E-state index in [1.54, 1.807) is 31.2 Å². The van der Waals surface area contributed by atoms with E-state index in [-0.39, 0.29) is 43.2 Å². The highest BCUT2D eigenvalue weighted by Crippen LogP contribution is 2.28. The van der Waals surface area contributed by atoms with Gasteiger partial charge in [0.05, 0.1) is 11.4 Å². The van der Waals surface area contributed by atoms with E-state index < -0.39 is 12.0 Å². The van der Waals surface area contributed by atoms with Gasteiger partial charge in [0.1, 0.15) is 19.0 Å². The van der Waals surface area contributed by atoms with Crippen LogP contribution in [-0.2, 0) is 20.9 Å². The number of nitrogens with one attached hydrogen (secondary N) is 4. The molecule has 0 bridgehead atoms. The van der Waals surface area contributed by atoms with Crippen molar-refractivity contribution in [1.82, 2.24) is 20.9 Å². The molecule has 2 aromatic rings. The first-order valence-corrected chi connectivity index (χ1v) is 15.4. The number of nitrogens with zero attached hydrogens (tertiary/aromatic N) is 1. The third-order valence-corrected chi connectivity index (χ3v) is 7.80. The van der Waals surface area contributed by atoms with Gasteiger partial charge in [-0.3, -0.25) is 25.2 Å². The molecular weight excluding hydrogens is 590 g/mol. The Hall–Kier alpha value is -4.63. The van der Waals surface area contributed by atoms with Crippen LogP contribution >= 0.6 is 11.6 Å². The van der Waals surface area contributed by atoms with Gasteiger partial charge < -0.3 is 15.4 Å². The largest absolute Gasteiger partial charge is 0.445 e. The van der Waals surface area contributed by atoms with Crippen molar-refractivity contribution < 1.29 is 19.1 Å². The SMILES string of the molecule is C=C(NC1CCC1)C(=O)N(CC(=O)NCc1ccc(C(=N)NC(=O)OCC2=CC=CCC2)cc1)/C(=C(\C)Cl)c1cccc(C)c1. The highest BCUT2D eigenvalue weighted by atomic mass is 35.5. The Bertz CT molecular complexity index is 1540. The summed E-state index contributed by atoms with van der Waals surface area (Å²) in [5, 5.41) is 17.1. The molecule has 4 N–H and O–H groups in total. The monoisotopic (exact) mass is 629 g/mol. The molecule has 10 heteroatoms. The summed E-state index contributed by atoms with van der Waals surface area (Å²) in [6, 6.07) is 14.7. The van der Waals surface area contributed by atoms with Gasteiger partial charge in [-0.05, 0) is 68.7 Å². The predicted molar refractivity (Wildman–Crippen MR) is 177 cm³/mol. The molecule has 1 saturated carbocycles. The lowest BCUT2D eigenvalue weighted by atomic mass is 9.93. The van der Waals surface area contributed by atoms with Gasteiger partial charge in [-0.15, -0.1) is 0 Å². The molecule has 2 aliphatic carbocycles. The maximum atomic E-state index is 13.7. The Morgan fingerprint density at radius 2 is 1.87 bits per heavy atom. The molecule has 236 valence electrons. The Kier molecular flexibility index (Phi) is 11.8. The highest BCUT2D eigenvalue weighted by Gasteiger charge is 2.28. The smallest absolute Gasteiger partial charge is 0.413 e. The molecule has 9 nitrogen and oxygen atoms in total. The Balaban J connectivity index is 1.36. The van der Waals surface area contributed by atoms with Gasteiger partial charge in [0.25, 0.3) is 5.91 Å². The van der Waals surface area contributed by atoms with Gasteiger partial charge in [-0.2, -0.15) is 0 Å². The number of amidine groups is 1. The molecule has 0 aromatic heterocycles. The van der Waals surface area contributed by atoms with Crippen molar-refractivity contribution in [3.8, 4) is 0 Å². The zero-order chi connectivity index (χ0) is 32.3. The number of amides is 3. The summed E-state index contributed by atoms with van der Waals surface area (Å²) in [4.78, 5) is 40.4. The van der Waals surface area contributed by atoms with Crippen molar-refractivity contribution in [2.24, 2.45) is 0 Å². The minimum atomic E-state index is -0.692.